The molecule has 0 aliphatic heterocycles. The molecule has 0 spiro atoms. The molecule has 1 N–H and O–H groups in total. The lowest BCUT2D eigenvalue weighted by atomic mass is 10.1. The van der Waals surface area contributed by atoms with Crippen LogP contribution in [0.5, 0.6) is 5.75 Å². The summed E-state index contributed by atoms with van der Waals surface area (Å²) in [6.45, 7) is 7.92. The number of nitrogens with one attached hydrogen (secondary N) is 1. The highest BCUT2D eigenvalue weighted by molar-refractivity contribution is 7.89. The first-order valence-corrected chi connectivity index (χ1v) is 9.14. The van der Waals surface area contributed by atoms with Crippen molar-refractivity contribution in [2.45, 2.75) is 38.6 Å². The van der Waals surface area contributed by atoms with Gasteiger partial charge in [0.25, 0.3) is 0 Å². The normalized spacial score (nSPS) is 12.9. The molecule has 0 unspecified atom stereocenters. The molecule has 0 radical (unpaired) electrons. The van der Waals surface area contributed by atoms with Crippen LogP contribution < -0.4 is 9.46 Å². The summed E-state index contributed by atoms with van der Waals surface area (Å²) in [5.41, 5.74) is 2.56. The number of hydrogen-bond donors (Lipinski definition) is 1. The molecule has 5 heteroatoms. The Labute approximate surface area is 138 Å². The number of rotatable bonds is 6. The number of ether oxygens (including phenoxy) is 1. The van der Waals surface area contributed by atoms with Crippen molar-refractivity contribution < 1.29 is 13.2 Å². The van der Waals surface area contributed by atoms with Gasteiger partial charge in [-0.1, -0.05) is 36.4 Å². The van der Waals surface area contributed by atoms with Gasteiger partial charge in [-0.05, 0) is 44.4 Å². The van der Waals surface area contributed by atoms with Crippen LogP contribution in [0, 0.1) is 13.8 Å². The van der Waals surface area contributed by atoms with Crippen molar-refractivity contribution in [2.75, 3.05) is 6.61 Å². The van der Waals surface area contributed by atoms with E-state index in [1.54, 1.807) is 13.0 Å². The Morgan fingerprint density at radius 3 is 2.35 bits per heavy atom. The van der Waals surface area contributed by atoms with Gasteiger partial charge in [0.1, 0.15) is 5.75 Å². The topological polar surface area (TPSA) is 55.4 Å². The molecule has 0 heterocycles. The minimum absolute atomic E-state index is 0.259. The zero-order valence-corrected chi connectivity index (χ0v) is 14.8. The first-order chi connectivity index (χ1) is 10.8. The van der Waals surface area contributed by atoms with E-state index in [4.69, 9.17) is 4.74 Å². The third-order valence-corrected chi connectivity index (χ3v) is 5.38. The highest BCUT2D eigenvalue weighted by Gasteiger charge is 2.22. The van der Waals surface area contributed by atoms with Crippen molar-refractivity contribution in [3.05, 3.63) is 59.2 Å². The Hall–Kier alpha value is -1.85. The van der Waals surface area contributed by atoms with Gasteiger partial charge in [0, 0.05) is 12.1 Å². The van der Waals surface area contributed by atoms with Crippen LogP contribution in [-0.2, 0) is 10.0 Å². The molecule has 2 aromatic carbocycles. The third-order valence-electron chi connectivity index (χ3n) is 3.69. The molecule has 1 atom stereocenters. The van der Waals surface area contributed by atoms with Gasteiger partial charge in [0.05, 0.1) is 11.5 Å². The molecule has 124 valence electrons. The standard InChI is InChI=1S/C18H23NO3S/c1-5-22-17-12-18(14(3)11-13(17)2)23(20,21)19-15(4)16-9-7-6-8-10-16/h6-12,15,19H,5H2,1-4H3/t15-/m0/s1. The average Bonchev–Trinajstić information content (AvgIpc) is 2.50. The van der Waals surface area contributed by atoms with E-state index in [1.165, 1.54) is 0 Å². The van der Waals surface area contributed by atoms with Crippen LogP contribution in [0.1, 0.15) is 36.6 Å². The summed E-state index contributed by atoms with van der Waals surface area (Å²) in [5, 5.41) is 0. The zero-order valence-electron chi connectivity index (χ0n) is 14.0. The Balaban J connectivity index is 2.34. The maximum atomic E-state index is 12.7. The molecule has 2 rings (SSSR count). The number of benzene rings is 2. The van der Waals surface area contributed by atoms with Crippen molar-refractivity contribution in [3.8, 4) is 5.75 Å². The lowest BCUT2D eigenvalue weighted by Gasteiger charge is -2.17. The second-order valence-electron chi connectivity index (χ2n) is 5.57. The van der Waals surface area contributed by atoms with Crippen LogP contribution >= 0.6 is 0 Å². The SMILES string of the molecule is CCOc1cc(S(=O)(=O)N[C@@H](C)c2ccccc2)c(C)cc1C. The predicted molar refractivity (Wildman–Crippen MR) is 92.3 cm³/mol. The van der Waals surface area contributed by atoms with E-state index < -0.39 is 10.0 Å². The number of aryl methyl sites for hydroxylation is 2. The van der Waals surface area contributed by atoms with Gasteiger partial charge < -0.3 is 4.74 Å². The Kier molecular flexibility index (Phi) is 5.44. The molecular weight excluding hydrogens is 310 g/mol. The van der Waals surface area contributed by atoms with Gasteiger partial charge in [-0.25, -0.2) is 13.1 Å². The number of sulfonamides is 1. The van der Waals surface area contributed by atoms with Crippen molar-refractivity contribution in [3.63, 3.8) is 0 Å². The van der Waals surface area contributed by atoms with Crippen molar-refractivity contribution >= 4 is 10.0 Å². The highest BCUT2D eigenvalue weighted by atomic mass is 32.2. The van der Waals surface area contributed by atoms with Gasteiger partial charge in [0.15, 0.2) is 0 Å². The van der Waals surface area contributed by atoms with Crippen LogP contribution in [0.25, 0.3) is 0 Å². The fourth-order valence-corrected chi connectivity index (χ4v) is 3.99. The van der Waals surface area contributed by atoms with E-state index in [9.17, 15) is 8.42 Å². The highest BCUT2D eigenvalue weighted by Crippen LogP contribution is 2.27. The van der Waals surface area contributed by atoms with Crippen molar-refractivity contribution in [1.29, 1.82) is 0 Å². The Bertz CT molecular complexity index is 770. The lowest BCUT2D eigenvalue weighted by molar-refractivity contribution is 0.336. The summed E-state index contributed by atoms with van der Waals surface area (Å²) in [5.74, 6) is 0.603. The minimum Gasteiger partial charge on any atom is -0.494 e. The predicted octanol–water partition coefficient (Wildman–Crippen LogP) is 3.74. The van der Waals surface area contributed by atoms with Crippen LogP contribution in [0.15, 0.2) is 47.4 Å². The van der Waals surface area contributed by atoms with E-state index in [1.807, 2.05) is 57.2 Å². The molecule has 23 heavy (non-hydrogen) atoms. The molecule has 4 nitrogen and oxygen atoms in total. The van der Waals surface area contributed by atoms with Gasteiger partial charge in [-0.2, -0.15) is 0 Å². The molecule has 0 saturated carbocycles. The third kappa shape index (κ3) is 4.12. The second kappa shape index (κ2) is 7.15. The van der Waals surface area contributed by atoms with E-state index in [0.717, 1.165) is 11.1 Å². The lowest BCUT2D eigenvalue weighted by Crippen LogP contribution is -2.27. The smallest absolute Gasteiger partial charge is 0.241 e. The summed E-state index contributed by atoms with van der Waals surface area (Å²) in [4.78, 5) is 0.259. The molecule has 0 aliphatic rings. The van der Waals surface area contributed by atoms with Crippen LogP contribution in [0.2, 0.25) is 0 Å². The Morgan fingerprint density at radius 1 is 1.09 bits per heavy atom. The Morgan fingerprint density at radius 2 is 1.74 bits per heavy atom. The first kappa shape index (κ1) is 17.5. The summed E-state index contributed by atoms with van der Waals surface area (Å²) in [7, 11) is -3.63. The monoisotopic (exact) mass is 333 g/mol. The second-order valence-corrected chi connectivity index (χ2v) is 7.25. The van der Waals surface area contributed by atoms with Gasteiger partial charge >= 0.3 is 0 Å². The van der Waals surface area contributed by atoms with E-state index in [0.29, 0.717) is 17.9 Å². The van der Waals surface area contributed by atoms with Crippen LogP contribution in [-0.4, -0.2) is 15.0 Å². The summed E-state index contributed by atoms with van der Waals surface area (Å²) in [6, 6.07) is 12.6. The molecule has 0 saturated heterocycles. The van der Waals surface area contributed by atoms with E-state index in [2.05, 4.69) is 4.72 Å². The molecule has 0 bridgehead atoms. The van der Waals surface area contributed by atoms with Gasteiger partial charge in [0.2, 0.25) is 10.0 Å². The van der Waals surface area contributed by atoms with Gasteiger partial charge in [-0.3, -0.25) is 0 Å². The summed E-state index contributed by atoms with van der Waals surface area (Å²) in [6.07, 6.45) is 0. The summed E-state index contributed by atoms with van der Waals surface area (Å²) >= 11 is 0. The minimum atomic E-state index is -3.63. The molecular formula is C18H23NO3S. The fraction of sp³-hybridized carbons (Fsp3) is 0.333. The summed E-state index contributed by atoms with van der Waals surface area (Å²) < 4.78 is 33.7. The average molecular weight is 333 g/mol. The van der Waals surface area contributed by atoms with Crippen LogP contribution in [0.3, 0.4) is 0 Å². The zero-order chi connectivity index (χ0) is 17.0. The first-order valence-electron chi connectivity index (χ1n) is 7.66. The maximum Gasteiger partial charge on any atom is 0.241 e. The largest absolute Gasteiger partial charge is 0.494 e. The maximum absolute atomic E-state index is 12.7. The quantitative estimate of drug-likeness (QED) is 0.876. The fourth-order valence-electron chi connectivity index (χ4n) is 2.52. The number of hydrogen-bond acceptors (Lipinski definition) is 3. The molecule has 0 fully saturated rings. The molecule has 2 aromatic rings. The molecule has 0 amide bonds. The molecule has 0 aromatic heterocycles. The van der Waals surface area contributed by atoms with Crippen molar-refractivity contribution in [1.82, 2.24) is 4.72 Å². The molecule has 0 aliphatic carbocycles. The van der Waals surface area contributed by atoms with Crippen LogP contribution in [0.4, 0.5) is 0 Å². The van der Waals surface area contributed by atoms with E-state index in [-0.39, 0.29) is 10.9 Å². The van der Waals surface area contributed by atoms with Crippen molar-refractivity contribution in [2.24, 2.45) is 0 Å². The van der Waals surface area contributed by atoms with Gasteiger partial charge in [-0.15, -0.1) is 0 Å². The van der Waals surface area contributed by atoms with E-state index >= 15 is 0 Å².